The number of rotatable bonds is 4. The minimum absolute atomic E-state index is 0.111. The number of fused-ring (bicyclic) bond motifs is 2. The van der Waals surface area contributed by atoms with Crippen LogP contribution < -0.4 is 5.73 Å². The Kier molecular flexibility index (Phi) is 5.03. The third-order valence-electron chi connectivity index (χ3n) is 5.82. The summed E-state index contributed by atoms with van der Waals surface area (Å²) in [6, 6.07) is 8.22. The third kappa shape index (κ3) is 3.84. The van der Waals surface area contributed by atoms with Crippen LogP contribution in [0.3, 0.4) is 0 Å². The number of thiazole rings is 1. The van der Waals surface area contributed by atoms with E-state index in [0.717, 1.165) is 47.1 Å². The molecule has 1 amide bonds. The number of aryl methyl sites for hydroxylation is 2. The summed E-state index contributed by atoms with van der Waals surface area (Å²) in [5, 5.41) is 5.31. The lowest BCUT2D eigenvalue weighted by atomic mass is 10.1. The Labute approximate surface area is 183 Å². The molecule has 1 fully saturated rings. The molecule has 10 heteroatoms. The fourth-order valence-electron chi connectivity index (χ4n) is 4.08. The molecule has 4 aromatic rings. The third-order valence-corrected chi connectivity index (χ3v) is 6.84. The van der Waals surface area contributed by atoms with Crippen LogP contribution in [0.5, 0.6) is 0 Å². The van der Waals surface area contributed by atoms with Crippen molar-refractivity contribution in [3.8, 4) is 0 Å². The predicted octanol–water partition coefficient (Wildman–Crippen LogP) is 1.82. The number of carbonyl (C=O) groups is 1. The molecule has 0 spiro atoms. The van der Waals surface area contributed by atoms with Crippen molar-refractivity contribution in [1.29, 1.82) is 0 Å². The lowest BCUT2D eigenvalue weighted by Gasteiger charge is -2.34. The highest BCUT2D eigenvalue weighted by molar-refractivity contribution is 7.18. The Morgan fingerprint density at radius 3 is 2.65 bits per heavy atom. The van der Waals surface area contributed by atoms with Gasteiger partial charge in [-0.05, 0) is 26.0 Å². The molecule has 1 aliphatic rings. The maximum atomic E-state index is 13.0. The van der Waals surface area contributed by atoms with Gasteiger partial charge < -0.3 is 10.6 Å². The molecule has 3 aromatic heterocycles. The number of nitrogens with two attached hydrogens (primary N) is 1. The van der Waals surface area contributed by atoms with Gasteiger partial charge in [0, 0.05) is 43.1 Å². The van der Waals surface area contributed by atoms with E-state index in [0.29, 0.717) is 25.3 Å². The minimum Gasteiger partial charge on any atom is -0.366 e. The van der Waals surface area contributed by atoms with Gasteiger partial charge in [-0.3, -0.25) is 9.69 Å². The van der Waals surface area contributed by atoms with Crippen molar-refractivity contribution in [2.45, 2.75) is 26.8 Å². The Bertz CT molecular complexity index is 1240. The number of amides is 1. The van der Waals surface area contributed by atoms with Crippen LogP contribution in [0, 0.1) is 13.8 Å². The van der Waals surface area contributed by atoms with E-state index in [4.69, 9.17) is 10.7 Å². The Hall–Kier alpha value is -3.11. The van der Waals surface area contributed by atoms with Crippen LogP contribution in [-0.4, -0.2) is 66.5 Å². The number of piperazine rings is 1. The van der Waals surface area contributed by atoms with Gasteiger partial charge >= 0.3 is 0 Å². The molecule has 0 aliphatic carbocycles. The molecule has 9 nitrogen and oxygen atoms in total. The summed E-state index contributed by atoms with van der Waals surface area (Å²) in [7, 11) is 0. The molecule has 0 atom stereocenters. The van der Waals surface area contributed by atoms with E-state index >= 15 is 0 Å². The van der Waals surface area contributed by atoms with Gasteiger partial charge in [0.2, 0.25) is 11.9 Å². The largest absolute Gasteiger partial charge is 0.366 e. The lowest BCUT2D eigenvalue weighted by molar-refractivity contribution is -0.132. The number of carbonyl (C=O) groups excluding carboxylic acids is 1. The van der Waals surface area contributed by atoms with Crippen LogP contribution in [0.2, 0.25) is 0 Å². The van der Waals surface area contributed by atoms with E-state index in [1.54, 1.807) is 15.9 Å². The predicted molar refractivity (Wildman–Crippen MR) is 120 cm³/mol. The molecule has 1 aromatic carbocycles. The molecule has 1 saturated heterocycles. The summed E-state index contributed by atoms with van der Waals surface area (Å²) in [4.78, 5) is 30.6. The van der Waals surface area contributed by atoms with Crippen molar-refractivity contribution >= 4 is 39.2 Å². The van der Waals surface area contributed by atoms with Gasteiger partial charge in [0.1, 0.15) is 5.01 Å². The smallest absolute Gasteiger partial charge is 0.254 e. The summed E-state index contributed by atoms with van der Waals surface area (Å²) in [5.41, 5.74) is 9.29. The second kappa shape index (κ2) is 7.86. The molecule has 160 valence electrons. The van der Waals surface area contributed by atoms with Crippen LogP contribution in [0.15, 0.2) is 24.3 Å². The monoisotopic (exact) mass is 436 g/mol. The molecule has 2 N–H and O–H groups in total. The van der Waals surface area contributed by atoms with E-state index in [2.05, 4.69) is 32.1 Å². The number of anilines is 1. The zero-order chi connectivity index (χ0) is 21.5. The summed E-state index contributed by atoms with van der Waals surface area (Å²) >= 11 is 1.74. The summed E-state index contributed by atoms with van der Waals surface area (Å²) in [6.45, 7) is 7.77. The van der Waals surface area contributed by atoms with E-state index in [1.165, 1.54) is 4.70 Å². The van der Waals surface area contributed by atoms with Crippen LogP contribution in [0.4, 0.5) is 5.95 Å². The zero-order valence-electron chi connectivity index (χ0n) is 17.6. The van der Waals surface area contributed by atoms with E-state index in [1.807, 2.05) is 30.9 Å². The summed E-state index contributed by atoms with van der Waals surface area (Å²) in [6.07, 6.45) is 0.304. The number of benzene rings is 1. The maximum Gasteiger partial charge on any atom is 0.254 e. The normalized spacial score (nSPS) is 15.2. The summed E-state index contributed by atoms with van der Waals surface area (Å²) < 4.78 is 2.83. The van der Waals surface area contributed by atoms with Crippen molar-refractivity contribution in [3.63, 3.8) is 0 Å². The van der Waals surface area contributed by atoms with Gasteiger partial charge in [-0.25, -0.2) is 9.97 Å². The molecule has 0 saturated carbocycles. The molecule has 0 radical (unpaired) electrons. The van der Waals surface area contributed by atoms with E-state index < -0.39 is 0 Å². The second-order valence-electron chi connectivity index (χ2n) is 7.85. The second-order valence-corrected chi connectivity index (χ2v) is 8.97. The van der Waals surface area contributed by atoms with Gasteiger partial charge in [0.05, 0.1) is 23.2 Å². The zero-order valence-corrected chi connectivity index (χ0v) is 18.4. The first kappa shape index (κ1) is 19.8. The van der Waals surface area contributed by atoms with Crippen molar-refractivity contribution in [2.24, 2.45) is 0 Å². The molecular formula is C21H24N8OS. The number of nitrogens with zero attached hydrogens (tertiary/aromatic N) is 7. The first-order chi connectivity index (χ1) is 15.0. The average Bonchev–Trinajstić information content (AvgIpc) is 3.33. The van der Waals surface area contributed by atoms with E-state index in [-0.39, 0.29) is 11.9 Å². The Morgan fingerprint density at radius 2 is 1.87 bits per heavy atom. The van der Waals surface area contributed by atoms with Gasteiger partial charge in [0.15, 0.2) is 0 Å². The van der Waals surface area contributed by atoms with Crippen molar-refractivity contribution in [1.82, 2.24) is 34.4 Å². The number of nitrogen functional groups attached to an aromatic ring is 1. The topological polar surface area (TPSA) is 106 Å². The lowest BCUT2D eigenvalue weighted by Crippen LogP contribution is -2.48. The van der Waals surface area contributed by atoms with Gasteiger partial charge in [-0.2, -0.15) is 9.50 Å². The molecule has 0 bridgehead atoms. The first-order valence-corrected chi connectivity index (χ1v) is 11.1. The number of para-hydroxylation sites is 1. The molecule has 0 unspecified atom stereocenters. The quantitative estimate of drug-likeness (QED) is 0.520. The van der Waals surface area contributed by atoms with E-state index in [9.17, 15) is 4.79 Å². The molecule has 1 aliphatic heterocycles. The fraction of sp³-hybridized carbons (Fsp3) is 0.381. The van der Waals surface area contributed by atoms with Crippen LogP contribution in [0.1, 0.15) is 22.0 Å². The standard InChI is InChI=1S/C21H24N8OS/c1-13-15(14(2)29-21(23-13)25-20(22)26-29)11-19(30)28-9-7-27(8-10-28)12-18-24-16-5-3-4-6-17(16)31-18/h3-6H,7-12H2,1-2H3,(H2,22,26). The van der Waals surface area contributed by atoms with Crippen LogP contribution >= 0.6 is 11.3 Å². The SMILES string of the molecule is Cc1nc2nc(N)nn2c(C)c1CC(=O)N1CCN(Cc2nc3ccccc3s2)CC1. The summed E-state index contributed by atoms with van der Waals surface area (Å²) in [5.74, 6) is 0.759. The number of hydrogen-bond donors (Lipinski definition) is 1. The molecular weight excluding hydrogens is 412 g/mol. The van der Waals surface area contributed by atoms with Crippen LogP contribution in [0.25, 0.3) is 16.0 Å². The van der Waals surface area contributed by atoms with Gasteiger partial charge in [-0.1, -0.05) is 12.1 Å². The Morgan fingerprint density at radius 1 is 1.10 bits per heavy atom. The molecule has 4 heterocycles. The Balaban J connectivity index is 1.22. The minimum atomic E-state index is 0.111. The molecule has 31 heavy (non-hydrogen) atoms. The number of hydrogen-bond acceptors (Lipinski definition) is 8. The number of aromatic nitrogens is 5. The highest BCUT2D eigenvalue weighted by atomic mass is 32.1. The van der Waals surface area contributed by atoms with Gasteiger partial charge in [0.25, 0.3) is 5.78 Å². The maximum absolute atomic E-state index is 13.0. The highest BCUT2D eigenvalue weighted by Gasteiger charge is 2.24. The fourth-order valence-corrected chi connectivity index (χ4v) is 5.09. The van der Waals surface area contributed by atoms with Crippen LogP contribution in [-0.2, 0) is 17.8 Å². The van der Waals surface area contributed by atoms with Gasteiger partial charge in [-0.15, -0.1) is 16.4 Å². The highest BCUT2D eigenvalue weighted by Crippen LogP contribution is 2.23. The van der Waals surface area contributed by atoms with Crippen molar-refractivity contribution < 1.29 is 4.79 Å². The van der Waals surface area contributed by atoms with Crippen molar-refractivity contribution in [3.05, 3.63) is 46.2 Å². The van der Waals surface area contributed by atoms with Crippen molar-refractivity contribution in [2.75, 3.05) is 31.9 Å². The molecule has 5 rings (SSSR count). The average molecular weight is 437 g/mol. The first-order valence-electron chi connectivity index (χ1n) is 10.3.